The summed E-state index contributed by atoms with van der Waals surface area (Å²) in [6.45, 7) is 5.73. The van der Waals surface area contributed by atoms with Crippen molar-refractivity contribution in [1.82, 2.24) is 4.90 Å². The van der Waals surface area contributed by atoms with Gasteiger partial charge in [0.1, 0.15) is 5.75 Å². The maximum absolute atomic E-state index is 11.5. The molecular formula is C18H29NO2. The average molecular weight is 291 g/mol. The Morgan fingerprint density at radius 1 is 1.33 bits per heavy atom. The van der Waals surface area contributed by atoms with Gasteiger partial charge in [-0.05, 0) is 57.5 Å². The van der Waals surface area contributed by atoms with Crippen molar-refractivity contribution in [3.8, 4) is 5.75 Å². The lowest BCUT2D eigenvalue weighted by Gasteiger charge is -2.46. The van der Waals surface area contributed by atoms with Crippen LogP contribution in [0.25, 0.3) is 0 Å². The second kappa shape index (κ2) is 6.80. The van der Waals surface area contributed by atoms with Crippen molar-refractivity contribution in [2.75, 3.05) is 27.2 Å². The van der Waals surface area contributed by atoms with Gasteiger partial charge in [0.25, 0.3) is 0 Å². The number of rotatable bonds is 5. The van der Waals surface area contributed by atoms with Crippen molar-refractivity contribution < 1.29 is 9.84 Å². The van der Waals surface area contributed by atoms with Crippen molar-refractivity contribution in [2.45, 2.75) is 38.7 Å². The second-order valence-corrected chi connectivity index (χ2v) is 6.58. The molecule has 1 N–H and O–H groups in total. The molecule has 1 saturated carbocycles. The first kappa shape index (κ1) is 16.3. The van der Waals surface area contributed by atoms with Gasteiger partial charge in [-0.25, -0.2) is 0 Å². The maximum atomic E-state index is 11.5. The molecule has 0 heterocycles. The van der Waals surface area contributed by atoms with E-state index in [4.69, 9.17) is 4.74 Å². The molecular weight excluding hydrogens is 262 g/mol. The topological polar surface area (TPSA) is 32.7 Å². The van der Waals surface area contributed by atoms with Crippen LogP contribution < -0.4 is 4.74 Å². The van der Waals surface area contributed by atoms with Crippen molar-refractivity contribution in [3.63, 3.8) is 0 Å². The monoisotopic (exact) mass is 291 g/mol. The highest BCUT2D eigenvalue weighted by Gasteiger charge is 2.45. The van der Waals surface area contributed by atoms with Crippen molar-refractivity contribution >= 4 is 0 Å². The number of nitrogens with zero attached hydrogens (tertiary/aromatic N) is 1. The first-order valence-electron chi connectivity index (χ1n) is 8.08. The minimum Gasteiger partial charge on any atom is -0.494 e. The summed E-state index contributed by atoms with van der Waals surface area (Å²) in [5.41, 5.74) is 0.253. The highest BCUT2D eigenvalue weighted by atomic mass is 16.5. The predicted octanol–water partition coefficient (Wildman–Crippen LogP) is 3.27. The van der Waals surface area contributed by atoms with E-state index in [1.807, 2.05) is 31.2 Å². The first-order valence-corrected chi connectivity index (χ1v) is 8.08. The molecule has 0 saturated heterocycles. The van der Waals surface area contributed by atoms with Crippen LogP contribution in [0.1, 0.15) is 38.7 Å². The molecule has 118 valence electrons. The van der Waals surface area contributed by atoms with Crippen LogP contribution in [-0.2, 0) is 5.60 Å². The lowest BCUT2D eigenvalue weighted by Crippen LogP contribution is -2.47. The van der Waals surface area contributed by atoms with E-state index in [1.54, 1.807) is 0 Å². The Morgan fingerprint density at radius 2 is 2.10 bits per heavy atom. The van der Waals surface area contributed by atoms with Gasteiger partial charge in [-0.2, -0.15) is 0 Å². The molecule has 1 aliphatic carbocycles. The number of aliphatic hydroxyl groups is 1. The van der Waals surface area contributed by atoms with E-state index in [9.17, 15) is 5.11 Å². The number of benzene rings is 1. The lowest BCUT2D eigenvalue weighted by atomic mass is 9.65. The number of hydrogen-bond acceptors (Lipinski definition) is 3. The highest BCUT2D eigenvalue weighted by molar-refractivity contribution is 5.34. The minimum atomic E-state index is -0.754. The minimum absolute atomic E-state index is 0.271. The molecule has 1 aliphatic rings. The molecule has 1 fully saturated rings. The van der Waals surface area contributed by atoms with Crippen LogP contribution in [0.4, 0.5) is 0 Å². The Kier molecular flexibility index (Phi) is 5.28. The third-order valence-electron chi connectivity index (χ3n) is 4.76. The molecule has 3 atom stereocenters. The zero-order valence-corrected chi connectivity index (χ0v) is 13.8. The zero-order chi connectivity index (χ0) is 15.5. The third kappa shape index (κ3) is 3.41. The van der Waals surface area contributed by atoms with Crippen LogP contribution in [-0.4, -0.2) is 37.3 Å². The van der Waals surface area contributed by atoms with Crippen molar-refractivity contribution in [3.05, 3.63) is 29.8 Å². The molecule has 0 bridgehead atoms. The van der Waals surface area contributed by atoms with Crippen LogP contribution in [0.5, 0.6) is 5.75 Å². The summed E-state index contributed by atoms with van der Waals surface area (Å²) in [5, 5.41) is 11.5. The molecule has 21 heavy (non-hydrogen) atoms. The standard InChI is InChI=1S/C18H29NO2/c1-5-21-17-11-7-9-15(12-17)18(20)14(2)8-6-10-16(18)13-19(3)4/h7,9,11-12,14,16,20H,5-6,8,10,13H2,1-4H3. The Morgan fingerprint density at radius 3 is 2.76 bits per heavy atom. The maximum Gasteiger partial charge on any atom is 0.119 e. The van der Waals surface area contributed by atoms with Crippen LogP contribution in [0.2, 0.25) is 0 Å². The Bertz CT molecular complexity index is 460. The number of ether oxygens (including phenoxy) is 1. The van der Waals surface area contributed by atoms with Gasteiger partial charge in [-0.15, -0.1) is 0 Å². The summed E-state index contributed by atoms with van der Waals surface area (Å²) in [5.74, 6) is 1.39. The van der Waals surface area contributed by atoms with E-state index >= 15 is 0 Å². The summed E-state index contributed by atoms with van der Waals surface area (Å²) in [6, 6.07) is 8.03. The fraction of sp³-hybridized carbons (Fsp3) is 0.667. The average Bonchev–Trinajstić information content (AvgIpc) is 2.44. The molecule has 3 unspecified atom stereocenters. The first-order chi connectivity index (χ1) is 9.98. The van der Waals surface area contributed by atoms with Gasteiger partial charge in [0, 0.05) is 12.5 Å². The molecule has 1 aromatic carbocycles. The van der Waals surface area contributed by atoms with Gasteiger partial charge >= 0.3 is 0 Å². The molecule has 0 radical (unpaired) electrons. The molecule has 0 aromatic heterocycles. The Labute approximate surface area is 128 Å². The van der Waals surface area contributed by atoms with Crippen molar-refractivity contribution in [1.29, 1.82) is 0 Å². The van der Waals surface area contributed by atoms with Crippen molar-refractivity contribution in [2.24, 2.45) is 11.8 Å². The third-order valence-corrected chi connectivity index (χ3v) is 4.76. The van der Waals surface area contributed by atoms with E-state index in [-0.39, 0.29) is 11.8 Å². The van der Waals surface area contributed by atoms with Crippen LogP contribution in [0.3, 0.4) is 0 Å². The molecule has 2 rings (SSSR count). The quantitative estimate of drug-likeness (QED) is 0.904. The Hall–Kier alpha value is -1.06. The van der Waals surface area contributed by atoms with Gasteiger partial charge in [-0.3, -0.25) is 0 Å². The van der Waals surface area contributed by atoms with E-state index in [0.29, 0.717) is 6.61 Å². The second-order valence-electron chi connectivity index (χ2n) is 6.58. The SMILES string of the molecule is CCOc1cccc(C2(O)C(C)CCCC2CN(C)C)c1. The zero-order valence-electron chi connectivity index (χ0n) is 13.8. The number of hydrogen-bond donors (Lipinski definition) is 1. The summed E-state index contributed by atoms with van der Waals surface area (Å²) in [7, 11) is 4.16. The normalized spacial score (nSPS) is 29.6. The van der Waals surface area contributed by atoms with E-state index in [1.165, 1.54) is 6.42 Å². The Balaban J connectivity index is 2.36. The molecule has 1 aromatic rings. The molecule has 0 aliphatic heterocycles. The van der Waals surface area contributed by atoms with E-state index in [0.717, 1.165) is 30.7 Å². The van der Waals surface area contributed by atoms with Gasteiger partial charge < -0.3 is 14.7 Å². The van der Waals surface area contributed by atoms with Crippen LogP contribution >= 0.6 is 0 Å². The predicted molar refractivity (Wildman–Crippen MR) is 86.6 cm³/mol. The van der Waals surface area contributed by atoms with Crippen LogP contribution in [0, 0.1) is 11.8 Å². The van der Waals surface area contributed by atoms with Crippen LogP contribution in [0.15, 0.2) is 24.3 Å². The van der Waals surface area contributed by atoms with Gasteiger partial charge in [0.15, 0.2) is 0 Å². The summed E-state index contributed by atoms with van der Waals surface area (Å²) >= 11 is 0. The van der Waals surface area contributed by atoms with E-state index < -0.39 is 5.60 Å². The van der Waals surface area contributed by atoms with E-state index in [2.05, 4.69) is 25.9 Å². The van der Waals surface area contributed by atoms with Gasteiger partial charge in [-0.1, -0.05) is 25.5 Å². The summed E-state index contributed by atoms with van der Waals surface area (Å²) in [6.07, 6.45) is 3.37. The fourth-order valence-electron chi connectivity index (χ4n) is 3.71. The largest absolute Gasteiger partial charge is 0.494 e. The highest BCUT2D eigenvalue weighted by Crippen LogP contribution is 2.46. The summed E-state index contributed by atoms with van der Waals surface area (Å²) < 4.78 is 5.61. The lowest BCUT2D eigenvalue weighted by molar-refractivity contribution is -0.102. The fourth-order valence-corrected chi connectivity index (χ4v) is 3.71. The molecule has 0 spiro atoms. The smallest absolute Gasteiger partial charge is 0.119 e. The van der Waals surface area contributed by atoms with Gasteiger partial charge in [0.05, 0.1) is 12.2 Å². The molecule has 0 amide bonds. The molecule has 3 heteroatoms. The summed E-state index contributed by atoms with van der Waals surface area (Å²) in [4.78, 5) is 2.18. The van der Waals surface area contributed by atoms with Gasteiger partial charge in [0.2, 0.25) is 0 Å². The molecule has 3 nitrogen and oxygen atoms in total.